The summed E-state index contributed by atoms with van der Waals surface area (Å²) in [7, 11) is 3.84. The Morgan fingerprint density at radius 3 is 2.92 bits per heavy atom. The summed E-state index contributed by atoms with van der Waals surface area (Å²) < 4.78 is 0. The van der Waals surface area contributed by atoms with Crippen molar-refractivity contribution in [1.29, 1.82) is 0 Å². The Hall–Kier alpha value is -0.570. The van der Waals surface area contributed by atoms with Crippen LogP contribution in [0.4, 0.5) is 0 Å². The summed E-state index contributed by atoms with van der Waals surface area (Å²) in [6.45, 7) is 1.19. The van der Waals surface area contributed by atoms with E-state index >= 15 is 0 Å². The molecule has 0 saturated carbocycles. The van der Waals surface area contributed by atoms with Gasteiger partial charge in [-0.25, -0.2) is 0 Å². The maximum absolute atomic E-state index is 10.9. The number of carbonyl (C=O) groups is 1. The average molecular weight is 170 g/mol. The fourth-order valence-corrected chi connectivity index (χ4v) is 1.77. The first-order valence-electron chi connectivity index (χ1n) is 4.65. The SMILES string of the molecule is CNC(=O)CCC1CCCN1C. The Kier molecular flexibility index (Phi) is 3.53. The van der Waals surface area contributed by atoms with E-state index in [4.69, 9.17) is 0 Å². The molecule has 1 unspecified atom stereocenters. The Balaban J connectivity index is 2.18. The van der Waals surface area contributed by atoms with Crippen LogP contribution in [-0.4, -0.2) is 37.5 Å². The standard InChI is InChI=1S/C9H18N2O/c1-10-9(12)6-5-8-4-3-7-11(8)2/h8H,3-7H2,1-2H3,(H,10,12). The fourth-order valence-electron chi connectivity index (χ4n) is 1.77. The van der Waals surface area contributed by atoms with Crippen LogP contribution in [0.25, 0.3) is 0 Å². The first-order valence-corrected chi connectivity index (χ1v) is 4.65. The molecule has 1 saturated heterocycles. The lowest BCUT2D eigenvalue weighted by Gasteiger charge is -2.18. The molecule has 0 bridgehead atoms. The van der Waals surface area contributed by atoms with Gasteiger partial charge in [-0.1, -0.05) is 0 Å². The lowest BCUT2D eigenvalue weighted by Crippen LogP contribution is -2.27. The predicted octanol–water partition coefficient (Wildman–Crippen LogP) is 0.607. The second kappa shape index (κ2) is 4.45. The molecule has 1 fully saturated rings. The molecule has 0 spiro atoms. The summed E-state index contributed by atoms with van der Waals surface area (Å²) in [5.74, 6) is 0.162. The van der Waals surface area contributed by atoms with Gasteiger partial charge in [-0.2, -0.15) is 0 Å². The fraction of sp³-hybridized carbons (Fsp3) is 0.889. The zero-order valence-electron chi connectivity index (χ0n) is 7.97. The van der Waals surface area contributed by atoms with Gasteiger partial charge in [-0.15, -0.1) is 0 Å². The van der Waals surface area contributed by atoms with E-state index in [-0.39, 0.29) is 5.91 Å². The van der Waals surface area contributed by atoms with Gasteiger partial charge in [0.1, 0.15) is 0 Å². The van der Waals surface area contributed by atoms with Gasteiger partial charge in [0.05, 0.1) is 0 Å². The van der Waals surface area contributed by atoms with Crippen LogP contribution in [0.2, 0.25) is 0 Å². The van der Waals surface area contributed by atoms with Gasteiger partial charge in [0.2, 0.25) is 5.91 Å². The molecular formula is C9H18N2O. The minimum absolute atomic E-state index is 0.162. The van der Waals surface area contributed by atoms with Crippen molar-refractivity contribution in [3.63, 3.8) is 0 Å². The Labute approximate surface area is 74.1 Å². The summed E-state index contributed by atoms with van der Waals surface area (Å²) in [6, 6.07) is 0.641. The predicted molar refractivity (Wildman–Crippen MR) is 49.0 cm³/mol. The van der Waals surface area contributed by atoms with E-state index < -0.39 is 0 Å². The zero-order valence-corrected chi connectivity index (χ0v) is 7.97. The third-order valence-electron chi connectivity index (χ3n) is 2.65. The third kappa shape index (κ3) is 2.48. The molecule has 1 amide bonds. The molecule has 3 nitrogen and oxygen atoms in total. The lowest BCUT2D eigenvalue weighted by atomic mass is 10.1. The van der Waals surface area contributed by atoms with Gasteiger partial charge < -0.3 is 10.2 Å². The van der Waals surface area contributed by atoms with Crippen LogP contribution in [0.15, 0.2) is 0 Å². The Bertz CT molecular complexity index is 159. The van der Waals surface area contributed by atoms with Crippen LogP contribution in [0.5, 0.6) is 0 Å². The van der Waals surface area contributed by atoms with Crippen molar-refractivity contribution in [2.75, 3.05) is 20.6 Å². The van der Waals surface area contributed by atoms with Crippen LogP contribution in [0, 0.1) is 0 Å². The number of carbonyl (C=O) groups excluding carboxylic acids is 1. The van der Waals surface area contributed by atoms with Crippen molar-refractivity contribution in [2.24, 2.45) is 0 Å². The van der Waals surface area contributed by atoms with Crippen molar-refractivity contribution in [3.05, 3.63) is 0 Å². The molecule has 0 radical (unpaired) electrons. The molecule has 1 heterocycles. The van der Waals surface area contributed by atoms with Gasteiger partial charge in [0, 0.05) is 19.5 Å². The highest BCUT2D eigenvalue weighted by Gasteiger charge is 2.20. The lowest BCUT2D eigenvalue weighted by molar-refractivity contribution is -0.120. The molecule has 1 rings (SSSR count). The van der Waals surface area contributed by atoms with E-state index in [1.54, 1.807) is 7.05 Å². The third-order valence-corrected chi connectivity index (χ3v) is 2.65. The molecule has 70 valence electrons. The van der Waals surface area contributed by atoms with Crippen LogP contribution >= 0.6 is 0 Å². The maximum Gasteiger partial charge on any atom is 0.219 e. The number of nitrogens with one attached hydrogen (secondary N) is 1. The number of nitrogens with zero attached hydrogens (tertiary/aromatic N) is 1. The molecule has 0 aliphatic carbocycles. The van der Waals surface area contributed by atoms with E-state index in [2.05, 4.69) is 17.3 Å². The topological polar surface area (TPSA) is 32.3 Å². The molecule has 12 heavy (non-hydrogen) atoms. The van der Waals surface area contributed by atoms with Gasteiger partial charge >= 0.3 is 0 Å². The van der Waals surface area contributed by atoms with Crippen LogP contribution < -0.4 is 5.32 Å². The summed E-state index contributed by atoms with van der Waals surface area (Å²) in [5, 5.41) is 2.65. The maximum atomic E-state index is 10.9. The van der Waals surface area contributed by atoms with Crippen LogP contribution in [0.1, 0.15) is 25.7 Å². The quantitative estimate of drug-likeness (QED) is 0.673. The van der Waals surface area contributed by atoms with Crippen molar-refractivity contribution in [3.8, 4) is 0 Å². The van der Waals surface area contributed by atoms with Crippen molar-refractivity contribution < 1.29 is 4.79 Å². The molecule has 1 atom stereocenters. The first-order chi connectivity index (χ1) is 5.74. The average Bonchev–Trinajstić information content (AvgIpc) is 2.47. The normalized spacial score (nSPS) is 24.3. The number of hydrogen-bond acceptors (Lipinski definition) is 2. The minimum Gasteiger partial charge on any atom is -0.359 e. The summed E-state index contributed by atoms with van der Waals surface area (Å²) in [5.41, 5.74) is 0. The minimum atomic E-state index is 0.162. The number of hydrogen-bond donors (Lipinski definition) is 1. The molecule has 0 aromatic heterocycles. The van der Waals surface area contributed by atoms with Crippen molar-refractivity contribution >= 4 is 5.91 Å². The van der Waals surface area contributed by atoms with E-state index in [9.17, 15) is 4.79 Å². The van der Waals surface area contributed by atoms with Crippen LogP contribution in [0.3, 0.4) is 0 Å². The van der Waals surface area contributed by atoms with Crippen LogP contribution in [-0.2, 0) is 4.79 Å². The van der Waals surface area contributed by atoms with E-state index in [0.29, 0.717) is 12.5 Å². The number of likely N-dealkylation sites (tertiary alicyclic amines) is 1. The van der Waals surface area contributed by atoms with Gasteiger partial charge in [0.15, 0.2) is 0 Å². The van der Waals surface area contributed by atoms with Gasteiger partial charge in [-0.05, 0) is 32.9 Å². The number of rotatable bonds is 3. The number of amides is 1. The summed E-state index contributed by atoms with van der Waals surface area (Å²) in [6.07, 6.45) is 4.23. The molecule has 1 aliphatic rings. The highest BCUT2D eigenvalue weighted by atomic mass is 16.1. The molecule has 0 aromatic rings. The second-order valence-electron chi connectivity index (χ2n) is 3.49. The summed E-state index contributed by atoms with van der Waals surface area (Å²) in [4.78, 5) is 13.3. The molecule has 0 aromatic carbocycles. The zero-order chi connectivity index (χ0) is 8.97. The molecule has 1 N–H and O–H groups in total. The van der Waals surface area contributed by atoms with E-state index in [1.165, 1.54) is 19.4 Å². The van der Waals surface area contributed by atoms with Crippen molar-refractivity contribution in [2.45, 2.75) is 31.7 Å². The molecule has 1 aliphatic heterocycles. The highest BCUT2D eigenvalue weighted by Crippen LogP contribution is 2.18. The smallest absolute Gasteiger partial charge is 0.219 e. The monoisotopic (exact) mass is 170 g/mol. The molecular weight excluding hydrogens is 152 g/mol. The molecule has 3 heteroatoms. The Morgan fingerprint density at radius 1 is 1.67 bits per heavy atom. The van der Waals surface area contributed by atoms with E-state index in [0.717, 1.165) is 6.42 Å². The van der Waals surface area contributed by atoms with Gasteiger partial charge in [-0.3, -0.25) is 4.79 Å². The Morgan fingerprint density at radius 2 is 2.42 bits per heavy atom. The van der Waals surface area contributed by atoms with Gasteiger partial charge in [0.25, 0.3) is 0 Å². The first kappa shape index (κ1) is 9.52. The second-order valence-corrected chi connectivity index (χ2v) is 3.49. The highest BCUT2D eigenvalue weighted by molar-refractivity contribution is 5.75. The largest absolute Gasteiger partial charge is 0.359 e. The summed E-state index contributed by atoms with van der Waals surface area (Å²) >= 11 is 0. The van der Waals surface area contributed by atoms with Crippen molar-refractivity contribution in [1.82, 2.24) is 10.2 Å². The van der Waals surface area contributed by atoms with E-state index in [1.807, 2.05) is 0 Å².